The lowest BCUT2D eigenvalue weighted by Crippen LogP contribution is -1.90. The average Bonchev–Trinajstić information content (AvgIpc) is 0.722. The van der Waals surface area contributed by atoms with Gasteiger partial charge in [-0.15, -0.1) is 0 Å². The van der Waals surface area contributed by atoms with Gasteiger partial charge in [-0.1, -0.05) is 0 Å². The van der Waals surface area contributed by atoms with Gasteiger partial charge in [-0.2, -0.15) is 0 Å². The van der Waals surface area contributed by atoms with Crippen LogP contribution >= 0.6 is 0 Å². The van der Waals surface area contributed by atoms with Gasteiger partial charge in [0.2, 0.25) is 10.4 Å². The van der Waals surface area contributed by atoms with Gasteiger partial charge in [-0.25, -0.2) is 8.42 Å². The predicted octanol–water partition coefficient (Wildman–Crippen LogP) is -1.80. The van der Waals surface area contributed by atoms with Gasteiger partial charge in [0.05, 0.1) is 0 Å². The zero-order valence-corrected chi connectivity index (χ0v) is 2.90. The summed E-state index contributed by atoms with van der Waals surface area (Å²) in [5.41, 5.74) is 0. The van der Waals surface area contributed by atoms with E-state index in [1.807, 2.05) is 0 Å². The molecule has 0 amide bonds. The summed E-state index contributed by atoms with van der Waals surface area (Å²) in [4.78, 5) is 0. The molecule has 0 atom stereocenters. The summed E-state index contributed by atoms with van der Waals surface area (Å²) in [6, 6.07) is 0. The molecule has 0 aromatic heterocycles. The van der Waals surface area contributed by atoms with Crippen LogP contribution in [0.25, 0.3) is 0 Å². The second kappa shape index (κ2) is 2.75. The van der Waals surface area contributed by atoms with E-state index in [1.54, 1.807) is 0 Å². The minimum Gasteiger partial charge on any atom is -0.726 e. The highest BCUT2D eigenvalue weighted by molar-refractivity contribution is 7.79. The van der Waals surface area contributed by atoms with Crippen molar-refractivity contribution in [3.8, 4) is 0 Å². The maximum Gasteiger partial charge on any atom is 1.00 e. The van der Waals surface area contributed by atoms with Crippen LogP contribution in [0.1, 0.15) is 1.43 Å². The fourth-order valence-corrected chi connectivity index (χ4v) is 0. The van der Waals surface area contributed by atoms with Crippen molar-refractivity contribution in [1.82, 2.24) is 0 Å². The van der Waals surface area contributed by atoms with Crippen molar-refractivity contribution in [1.29, 1.82) is 0 Å². The molecule has 0 aliphatic carbocycles. The van der Waals surface area contributed by atoms with Crippen molar-refractivity contribution in [2.24, 2.45) is 0 Å². The highest BCUT2D eigenvalue weighted by atomic mass is 32.3. The molecule has 0 spiro atoms. The number of hydrogen-bond acceptors (Lipinski definition) is 3. The third kappa shape index (κ3) is 151. The lowest BCUT2D eigenvalue weighted by Gasteiger charge is -1.88. The molecule has 0 rings (SSSR count). The van der Waals surface area contributed by atoms with Crippen LogP contribution in [0.2, 0.25) is 0 Å². The quantitative estimate of drug-likeness (QED) is 0.235. The molecule has 0 saturated heterocycles. The normalized spacial score (nSPS) is 9.67. The summed E-state index contributed by atoms with van der Waals surface area (Å²) in [5.74, 6) is 0. The minimum atomic E-state index is -4.92. The molecule has 0 saturated carbocycles. The molecule has 0 aliphatic heterocycles. The zero-order chi connectivity index (χ0) is 4.50. The van der Waals surface area contributed by atoms with E-state index in [0.29, 0.717) is 0 Å². The topological polar surface area (TPSA) is 77.4 Å². The second-order valence-electron chi connectivity index (χ2n) is 0.428. The van der Waals surface area contributed by atoms with Crippen LogP contribution in [0.4, 0.5) is 0 Å². The molecule has 0 bridgehead atoms. The molecule has 0 aliphatic rings. The summed E-state index contributed by atoms with van der Waals surface area (Å²) in [5, 5.41) is 0. The Kier molecular flexibility index (Phi) is 4.50. The highest BCUT2D eigenvalue weighted by Gasteiger charge is 1.67. The van der Waals surface area contributed by atoms with Crippen LogP contribution in [0.3, 0.4) is 0 Å². The Labute approximate surface area is 52.8 Å². The molecular formula is H4MgO4S. The Morgan fingerprint density at radius 1 is 1.67 bits per heavy atom. The van der Waals surface area contributed by atoms with E-state index < -0.39 is 10.4 Å². The molecule has 1 N–H and O–H groups in total. The Bertz CT molecular complexity index is 94.9. The third-order valence-electron chi connectivity index (χ3n) is 0. The first kappa shape index (κ1) is 9.81. The van der Waals surface area contributed by atoms with Gasteiger partial charge in [0, 0.05) is 0 Å². The van der Waals surface area contributed by atoms with E-state index in [2.05, 4.69) is 0 Å². The largest absolute Gasteiger partial charge is 1.00 e. The summed E-state index contributed by atoms with van der Waals surface area (Å²) in [6.07, 6.45) is 0. The smallest absolute Gasteiger partial charge is 0.726 e. The summed E-state index contributed by atoms with van der Waals surface area (Å²) >= 11 is 0. The van der Waals surface area contributed by atoms with Gasteiger partial charge < -0.3 is 4.55 Å². The monoisotopic (exact) mass is 124 g/mol. The van der Waals surface area contributed by atoms with E-state index in [9.17, 15) is 0 Å². The van der Waals surface area contributed by atoms with Crippen LogP contribution < -0.4 is 0 Å². The zero-order valence-electron chi connectivity index (χ0n) is 3.08. The first-order valence-electron chi connectivity index (χ1n) is 0.683. The van der Waals surface area contributed by atoms with E-state index in [-0.39, 0.29) is 24.5 Å². The van der Waals surface area contributed by atoms with Crippen molar-refractivity contribution >= 4 is 33.5 Å². The maximum atomic E-state index is 8.63. The molecule has 6 heteroatoms. The first-order valence-corrected chi connectivity index (χ1v) is 2.05. The van der Waals surface area contributed by atoms with Gasteiger partial charge in [0.15, 0.2) is 0 Å². The molecule has 0 aromatic rings. The lowest BCUT2D eigenvalue weighted by atomic mass is 15.8. The molecular weight excluding hydrogens is 120 g/mol. The summed E-state index contributed by atoms with van der Waals surface area (Å²) in [7, 11) is -4.92. The van der Waals surface area contributed by atoms with Crippen molar-refractivity contribution in [3.63, 3.8) is 0 Å². The van der Waals surface area contributed by atoms with Crippen LogP contribution in [-0.4, -0.2) is 40.6 Å². The van der Waals surface area contributed by atoms with Crippen LogP contribution in [0.15, 0.2) is 0 Å². The van der Waals surface area contributed by atoms with Crippen LogP contribution in [0.5, 0.6) is 0 Å². The molecule has 0 radical (unpaired) electrons. The van der Waals surface area contributed by atoms with Crippen molar-refractivity contribution in [2.45, 2.75) is 0 Å². The molecule has 0 aromatic carbocycles. The molecule has 6 heavy (non-hydrogen) atoms. The third-order valence-corrected chi connectivity index (χ3v) is 0. The van der Waals surface area contributed by atoms with E-state index in [1.165, 1.54) is 0 Å². The summed E-state index contributed by atoms with van der Waals surface area (Å²) < 4.78 is 32.8. The Morgan fingerprint density at radius 2 is 1.67 bits per heavy atom. The van der Waals surface area contributed by atoms with Crippen molar-refractivity contribution < 1.29 is 18.9 Å². The van der Waals surface area contributed by atoms with Crippen LogP contribution in [-0.2, 0) is 10.4 Å². The predicted molar refractivity (Wildman–Crippen MR) is 22.0 cm³/mol. The maximum absolute atomic E-state index is 8.63. The molecule has 36 valence electrons. The lowest BCUT2D eigenvalue weighted by molar-refractivity contribution is 0.366. The fourth-order valence-electron chi connectivity index (χ4n) is 0. The van der Waals surface area contributed by atoms with Gasteiger partial charge >= 0.3 is 24.5 Å². The van der Waals surface area contributed by atoms with Gasteiger partial charge in [-0.3, -0.25) is 4.55 Å². The Balaban J connectivity index is -0.0000000800. The van der Waals surface area contributed by atoms with E-state index in [0.717, 1.165) is 0 Å². The SMILES string of the molecule is O=S(=O)([O-])O.[H+].[MgH2]. The van der Waals surface area contributed by atoms with E-state index in [4.69, 9.17) is 17.5 Å². The highest BCUT2D eigenvalue weighted by Crippen LogP contribution is 1.58. The minimum absolute atomic E-state index is 0. The average molecular weight is 124 g/mol. The summed E-state index contributed by atoms with van der Waals surface area (Å²) in [6.45, 7) is 0. The Hall–Kier alpha value is 0.636. The fraction of sp³-hybridized carbons (Fsp3) is 0. The molecule has 4 nitrogen and oxygen atoms in total. The number of hydrogen-bond donors (Lipinski definition) is 1. The van der Waals surface area contributed by atoms with Crippen LogP contribution in [0, 0.1) is 0 Å². The second-order valence-corrected chi connectivity index (χ2v) is 1.28. The van der Waals surface area contributed by atoms with Gasteiger partial charge in [0.25, 0.3) is 0 Å². The Morgan fingerprint density at radius 3 is 1.67 bits per heavy atom. The molecule has 0 unspecified atom stereocenters. The standard InChI is InChI=1S/Mg.H2O4S.2H/c;1-5(2,3)4;;/h;(H2,1,2,3,4);;. The van der Waals surface area contributed by atoms with E-state index >= 15 is 0 Å². The number of rotatable bonds is 0. The first-order chi connectivity index (χ1) is 2.00. The van der Waals surface area contributed by atoms with Gasteiger partial charge in [-0.05, 0) is 0 Å². The van der Waals surface area contributed by atoms with Crippen molar-refractivity contribution in [2.75, 3.05) is 0 Å². The molecule has 0 heterocycles. The molecule has 0 fully saturated rings. The van der Waals surface area contributed by atoms with Gasteiger partial charge in [0.1, 0.15) is 0 Å². The van der Waals surface area contributed by atoms with Crippen molar-refractivity contribution in [3.05, 3.63) is 0 Å².